The molecule has 1 aliphatic carbocycles. The van der Waals surface area contributed by atoms with Crippen molar-refractivity contribution in [3.05, 3.63) is 17.8 Å². The Morgan fingerprint density at radius 3 is 2.48 bits per heavy atom. The monoisotopic (exact) mass is 341 g/mol. The fourth-order valence-electron chi connectivity index (χ4n) is 2.90. The summed E-state index contributed by atoms with van der Waals surface area (Å²) in [7, 11) is -1.97. The number of amides is 1. The number of carbonyl (C=O) groups is 1. The van der Waals surface area contributed by atoms with Crippen molar-refractivity contribution in [2.45, 2.75) is 44.6 Å². The lowest BCUT2D eigenvalue weighted by Crippen LogP contribution is -2.57. The first-order valence-corrected chi connectivity index (χ1v) is 9.46. The molecule has 8 heteroatoms. The van der Waals surface area contributed by atoms with E-state index in [1.54, 1.807) is 6.07 Å². The van der Waals surface area contributed by atoms with Gasteiger partial charge >= 0.3 is 0 Å². The number of aromatic nitrogens is 1. The Kier molecular flexibility index (Phi) is 5.26. The third-order valence-electron chi connectivity index (χ3n) is 4.07. The molecular weight excluding hydrogens is 318 g/mol. The first kappa shape index (κ1) is 17.7. The van der Waals surface area contributed by atoms with E-state index in [-0.39, 0.29) is 5.91 Å². The van der Waals surface area contributed by atoms with Crippen molar-refractivity contribution >= 4 is 21.6 Å². The Morgan fingerprint density at radius 1 is 1.30 bits per heavy atom. The first-order valence-electron chi connectivity index (χ1n) is 7.57. The predicted molar refractivity (Wildman–Crippen MR) is 88.0 cm³/mol. The van der Waals surface area contributed by atoms with Crippen LogP contribution < -0.4 is 14.8 Å². The van der Waals surface area contributed by atoms with E-state index in [0.717, 1.165) is 31.1 Å². The Morgan fingerprint density at radius 2 is 1.96 bits per heavy atom. The van der Waals surface area contributed by atoms with Gasteiger partial charge in [-0.2, -0.15) is 4.72 Å². The molecule has 2 N–H and O–H groups in total. The zero-order chi connectivity index (χ0) is 17.1. The second-order valence-corrected chi connectivity index (χ2v) is 7.76. The topological polar surface area (TPSA) is 97.4 Å². The summed E-state index contributed by atoms with van der Waals surface area (Å²) in [5.74, 6) is 0.125. The Hall–Kier alpha value is -1.67. The molecule has 2 rings (SSSR count). The zero-order valence-corrected chi connectivity index (χ0v) is 14.5. The van der Waals surface area contributed by atoms with Gasteiger partial charge in [0.05, 0.1) is 25.2 Å². The lowest BCUT2D eigenvalue weighted by Gasteiger charge is -2.35. The number of rotatable bonds is 5. The van der Waals surface area contributed by atoms with Crippen LogP contribution in [0.3, 0.4) is 0 Å². The van der Waals surface area contributed by atoms with Crippen molar-refractivity contribution in [2.75, 3.05) is 18.7 Å². The van der Waals surface area contributed by atoms with Crippen molar-refractivity contribution in [3.63, 3.8) is 0 Å². The van der Waals surface area contributed by atoms with Gasteiger partial charge in [-0.25, -0.2) is 13.4 Å². The van der Waals surface area contributed by atoms with Gasteiger partial charge in [-0.15, -0.1) is 0 Å². The standard InChI is InChI=1S/C15H23N3O4S/c1-11-9-13(22-2)16-10-12(11)17-14(19)15(18-23(3,20)21)7-5-4-6-8-15/h9-10,18H,4-8H2,1-3H3,(H,17,19). The minimum atomic E-state index is -3.49. The maximum absolute atomic E-state index is 12.8. The van der Waals surface area contributed by atoms with E-state index in [4.69, 9.17) is 4.74 Å². The highest BCUT2D eigenvalue weighted by Crippen LogP contribution is 2.30. The van der Waals surface area contributed by atoms with E-state index in [0.29, 0.717) is 24.4 Å². The number of nitrogens with zero attached hydrogens (tertiary/aromatic N) is 1. The van der Waals surface area contributed by atoms with Crippen LogP contribution in [0, 0.1) is 6.92 Å². The zero-order valence-electron chi connectivity index (χ0n) is 13.7. The van der Waals surface area contributed by atoms with Gasteiger partial charge in [0.25, 0.3) is 0 Å². The van der Waals surface area contributed by atoms with Crippen LogP contribution in [0.5, 0.6) is 5.88 Å². The van der Waals surface area contributed by atoms with Crippen LogP contribution in [0.15, 0.2) is 12.3 Å². The quantitative estimate of drug-likeness (QED) is 0.847. The molecule has 0 atom stereocenters. The molecule has 1 aliphatic rings. The molecule has 7 nitrogen and oxygen atoms in total. The number of nitrogens with one attached hydrogen (secondary N) is 2. The highest BCUT2D eigenvalue weighted by Gasteiger charge is 2.41. The summed E-state index contributed by atoms with van der Waals surface area (Å²) in [5, 5.41) is 2.81. The number of pyridine rings is 1. The van der Waals surface area contributed by atoms with E-state index >= 15 is 0 Å². The number of carbonyl (C=O) groups excluding carboxylic acids is 1. The maximum Gasteiger partial charge on any atom is 0.245 e. The van der Waals surface area contributed by atoms with E-state index in [1.807, 2.05) is 6.92 Å². The molecule has 1 amide bonds. The molecule has 1 aromatic heterocycles. The molecule has 1 heterocycles. The van der Waals surface area contributed by atoms with Crippen molar-refractivity contribution in [3.8, 4) is 5.88 Å². The Labute approximate surface area is 136 Å². The van der Waals surface area contributed by atoms with Crippen LogP contribution in [0.4, 0.5) is 5.69 Å². The van der Waals surface area contributed by atoms with Crippen molar-refractivity contribution in [1.82, 2.24) is 9.71 Å². The molecule has 0 saturated heterocycles. The van der Waals surface area contributed by atoms with Crippen LogP contribution in [0.1, 0.15) is 37.7 Å². The molecule has 1 aromatic rings. The smallest absolute Gasteiger partial charge is 0.245 e. The van der Waals surface area contributed by atoms with Crippen molar-refractivity contribution in [2.24, 2.45) is 0 Å². The molecule has 0 radical (unpaired) electrons. The number of hydrogen-bond acceptors (Lipinski definition) is 5. The molecule has 0 spiro atoms. The number of ether oxygens (including phenoxy) is 1. The lowest BCUT2D eigenvalue weighted by molar-refractivity contribution is -0.122. The summed E-state index contributed by atoms with van der Waals surface area (Å²) in [6.07, 6.45) is 6.22. The lowest BCUT2D eigenvalue weighted by atomic mass is 9.82. The molecule has 1 saturated carbocycles. The maximum atomic E-state index is 12.8. The largest absolute Gasteiger partial charge is 0.481 e. The van der Waals surface area contributed by atoms with Crippen LogP contribution in [0.2, 0.25) is 0 Å². The van der Waals surface area contributed by atoms with E-state index in [9.17, 15) is 13.2 Å². The number of anilines is 1. The van der Waals surface area contributed by atoms with Crippen LogP contribution in [0.25, 0.3) is 0 Å². The van der Waals surface area contributed by atoms with E-state index in [2.05, 4.69) is 15.0 Å². The van der Waals surface area contributed by atoms with E-state index in [1.165, 1.54) is 13.3 Å². The number of aryl methyl sites for hydroxylation is 1. The summed E-state index contributed by atoms with van der Waals surface area (Å²) in [5.41, 5.74) is 0.268. The van der Waals surface area contributed by atoms with Gasteiger partial charge in [0, 0.05) is 6.07 Å². The summed E-state index contributed by atoms with van der Waals surface area (Å²) < 4.78 is 31.0. The van der Waals surface area contributed by atoms with Gasteiger partial charge < -0.3 is 10.1 Å². The fourth-order valence-corrected chi connectivity index (χ4v) is 3.91. The van der Waals surface area contributed by atoms with Crippen LogP contribution in [-0.4, -0.2) is 38.2 Å². The molecule has 128 valence electrons. The third kappa shape index (κ3) is 4.42. The molecule has 0 aliphatic heterocycles. The predicted octanol–water partition coefficient (Wildman–Crippen LogP) is 1.59. The molecule has 0 aromatic carbocycles. The molecule has 0 unspecified atom stereocenters. The number of sulfonamides is 1. The van der Waals surface area contributed by atoms with Gasteiger partial charge in [0.15, 0.2) is 0 Å². The van der Waals surface area contributed by atoms with Gasteiger partial charge in [-0.05, 0) is 25.3 Å². The third-order valence-corrected chi connectivity index (χ3v) is 4.83. The average molecular weight is 341 g/mol. The van der Waals surface area contributed by atoms with Crippen LogP contribution in [-0.2, 0) is 14.8 Å². The number of methoxy groups -OCH3 is 1. The second-order valence-electron chi connectivity index (χ2n) is 6.01. The van der Waals surface area contributed by atoms with Crippen molar-refractivity contribution in [1.29, 1.82) is 0 Å². The minimum absolute atomic E-state index is 0.335. The summed E-state index contributed by atoms with van der Waals surface area (Å²) in [6.45, 7) is 1.83. The SMILES string of the molecule is COc1cc(C)c(NC(=O)C2(NS(C)(=O)=O)CCCCC2)cn1. The minimum Gasteiger partial charge on any atom is -0.481 e. The normalized spacial score (nSPS) is 17.5. The molecular formula is C15H23N3O4S. The van der Waals surface area contributed by atoms with E-state index < -0.39 is 15.6 Å². The summed E-state index contributed by atoms with van der Waals surface area (Å²) >= 11 is 0. The summed E-state index contributed by atoms with van der Waals surface area (Å²) in [6, 6.07) is 1.72. The highest BCUT2D eigenvalue weighted by molar-refractivity contribution is 7.88. The molecule has 23 heavy (non-hydrogen) atoms. The fraction of sp³-hybridized carbons (Fsp3) is 0.600. The van der Waals surface area contributed by atoms with Gasteiger partial charge in [0.1, 0.15) is 5.54 Å². The second kappa shape index (κ2) is 6.84. The number of hydrogen-bond donors (Lipinski definition) is 2. The first-order chi connectivity index (χ1) is 10.8. The molecule has 1 fully saturated rings. The molecule has 0 bridgehead atoms. The summed E-state index contributed by atoms with van der Waals surface area (Å²) in [4.78, 5) is 16.9. The van der Waals surface area contributed by atoms with Gasteiger partial charge in [0.2, 0.25) is 21.8 Å². The van der Waals surface area contributed by atoms with Gasteiger partial charge in [-0.3, -0.25) is 4.79 Å². The Balaban J connectivity index is 2.24. The van der Waals surface area contributed by atoms with Gasteiger partial charge in [-0.1, -0.05) is 19.3 Å². The van der Waals surface area contributed by atoms with Crippen LogP contribution >= 0.6 is 0 Å². The Bertz CT molecular complexity index is 682. The van der Waals surface area contributed by atoms with Crippen molar-refractivity contribution < 1.29 is 17.9 Å². The average Bonchev–Trinajstić information content (AvgIpc) is 2.48. The highest BCUT2D eigenvalue weighted by atomic mass is 32.2.